The molecule has 4 atom stereocenters. The highest BCUT2D eigenvalue weighted by molar-refractivity contribution is 5.02. The van der Waals surface area contributed by atoms with Crippen LogP contribution in [0.5, 0.6) is 0 Å². The second-order valence-electron chi connectivity index (χ2n) is 5.92. The van der Waals surface area contributed by atoms with Gasteiger partial charge in [-0.25, -0.2) is 0 Å². The summed E-state index contributed by atoms with van der Waals surface area (Å²) in [4.78, 5) is 0. The first-order valence-corrected chi connectivity index (χ1v) is 7.50. The lowest BCUT2D eigenvalue weighted by Gasteiger charge is -2.28. The Morgan fingerprint density at radius 2 is 2.42 bits per heavy atom. The molecule has 1 N–H and O–H groups in total. The minimum atomic E-state index is 0.469. The summed E-state index contributed by atoms with van der Waals surface area (Å²) < 4.78 is 7.79. The fraction of sp³-hybridized carbons (Fsp3) is 0.857. The van der Waals surface area contributed by atoms with Gasteiger partial charge in [-0.3, -0.25) is 4.68 Å². The molecule has 2 aliphatic heterocycles. The molecule has 2 saturated heterocycles. The molecule has 0 amide bonds. The molecule has 1 aromatic heterocycles. The molecule has 0 saturated carbocycles. The molecule has 3 heterocycles. The fourth-order valence-corrected chi connectivity index (χ4v) is 3.52. The van der Waals surface area contributed by atoms with E-state index in [-0.39, 0.29) is 0 Å². The molecule has 0 spiro atoms. The number of nitrogens with one attached hydrogen (secondary N) is 1. The molecule has 19 heavy (non-hydrogen) atoms. The quantitative estimate of drug-likeness (QED) is 0.841. The van der Waals surface area contributed by atoms with Gasteiger partial charge in [0.25, 0.3) is 0 Å². The van der Waals surface area contributed by atoms with Crippen LogP contribution in [0.2, 0.25) is 0 Å². The fourth-order valence-electron chi connectivity index (χ4n) is 3.52. The topological polar surface area (TPSA) is 52.0 Å². The van der Waals surface area contributed by atoms with Crippen LogP contribution in [0.15, 0.2) is 6.20 Å². The first-order chi connectivity index (χ1) is 9.26. The Morgan fingerprint density at radius 1 is 1.53 bits per heavy atom. The summed E-state index contributed by atoms with van der Waals surface area (Å²) in [5.74, 6) is 0.646. The Kier molecular flexibility index (Phi) is 3.84. The molecule has 2 bridgehead atoms. The van der Waals surface area contributed by atoms with Crippen LogP contribution in [0.25, 0.3) is 0 Å². The van der Waals surface area contributed by atoms with Crippen LogP contribution in [0.3, 0.4) is 0 Å². The highest BCUT2D eigenvalue weighted by Crippen LogP contribution is 2.40. The number of rotatable bonds is 6. The van der Waals surface area contributed by atoms with Gasteiger partial charge in [0.05, 0.1) is 17.9 Å². The number of hydrogen-bond donors (Lipinski definition) is 1. The van der Waals surface area contributed by atoms with Gasteiger partial charge in [0.2, 0.25) is 0 Å². The summed E-state index contributed by atoms with van der Waals surface area (Å²) >= 11 is 0. The lowest BCUT2D eigenvalue weighted by Crippen LogP contribution is -2.42. The van der Waals surface area contributed by atoms with Gasteiger partial charge in [0, 0.05) is 31.6 Å². The summed E-state index contributed by atoms with van der Waals surface area (Å²) in [5.41, 5.74) is 1.08. The number of ether oxygens (including phenoxy) is 1. The van der Waals surface area contributed by atoms with Crippen molar-refractivity contribution in [2.45, 2.75) is 57.3 Å². The number of hydrogen-bond acceptors (Lipinski definition) is 4. The SMILES string of the molecule is CCCNC(Cc1cn(C)nn1)C1CC2CCC1O2. The second kappa shape index (κ2) is 5.59. The minimum Gasteiger partial charge on any atom is -0.375 e. The van der Waals surface area contributed by atoms with Gasteiger partial charge in [-0.15, -0.1) is 5.10 Å². The monoisotopic (exact) mass is 264 g/mol. The van der Waals surface area contributed by atoms with E-state index in [0.29, 0.717) is 24.2 Å². The molecule has 0 radical (unpaired) electrons. The Bertz CT molecular complexity index is 419. The first kappa shape index (κ1) is 13.1. The van der Waals surface area contributed by atoms with Crippen LogP contribution in [-0.4, -0.2) is 39.8 Å². The van der Waals surface area contributed by atoms with Gasteiger partial charge >= 0.3 is 0 Å². The molecular weight excluding hydrogens is 240 g/mol. The Labute approximate surface area is 114 Å². The number of fused-ring (bicyclic) bond motifs is 2. The van der Waals surface area contributed by atoms with Crippen molar-refractivity contribution in [2.24, 2.45) is 13.0 Å². The highest BCUT2D eigenvalue weighted by Gasteiger charge is 2.44. The van der Waals surface area contributed by atoms with Crippen molar-refractivity contribution in [3.8, 4) is 0 Å². The predicted molar refractivity (Wildman–Crippen MR) is 72.8 cm³/mol. The summed E-state index contributed by atoms with van der Waals surface area (Å²) in [6.07, 6.45) is 8.84. The van der Waals surface area contributed by atoms with E-state index in [1.807, 2.05) is 13.2 Å². The molecule has 5 nitrogen and oxygen atoms in total. The van der Waals surface area contributed by atoms with Crippen LogP contribution in [0, 0.1) is 5.92 Å². The van der Waals surface area contributed by atoms with Crippen LogP contribution in [0.1, 0.15) is 38.3 Å². The van der Waals surface area contributed by atoms with Crippen molar-refractivity contribution in [3.05, 3.63) is 11.9 Å². The zero-order valence-electron chi connectivity index (χ0n) is 11.9. The first-order valence-electron chi connectivity index (χ1n) is 7.50. The molecule has 1 aromatic rings. The van der Waals surface area contributed by atoms with Crippen LogP contribution < -0.4 is 5.32 Å². The van der Waals surface area contributed by atoms with E-state index in [0.717, 1.165) is 18.7 Å². The van der Waals surface area contributed by atoms with Crippen LogP contribution >= 0.6 is 0 Å². The van der Waals surface area contributed by atoms with Crippen molar-refractivity contribution in [2.75, 3.05) is 6.54 Å². The summed E-state index contributed by atoms with van der Waals surface area (Å²) in [6, 6.07) is 0.479. The normalized spacial score (nSPS) is 30.9. The van der Waals surface area contributed by atoms with E-state index in [9.17, 15) is 0 Å². The van der Waals surface area contributed by atoms with Gasteiger partial charge in [0.15, 0.2) is 0 Å². The van der Waals surface area contributed by atoms with E-state index in [1.54, 1.807) is 4.68 Å². The zero-order valence-corrected chi connectivity index (χ0v) is 11.9. The van der Waals surface area contributed by atoms with E-state index in [1.165, 1.54) is 25.7 Å². The van der Waals surface area contributed by atoms with E-state index in [4.69, 9.17) is 4.74 Å². The maximum absolute atomic E-state index is 6.01. The minimum absolute atomic E-state index is 0.469. The van der Waals surface area contributed by atoms with Crippen molar-refractivity contribution in [3.63, 3.8) is 0 Å². The molecule has 3 rings (SSSR count). The standard InChI is InChI=1S/C14H24N4O/c1-3-6-15-13(7-10-9-18(2)17-16-10)12-8-11-4-5-14(12)19-11/h9,11-15H,3-8H2,1-2H3. The molecule has 0 aliphatic carbocycles. The van der Waals surface area contributed by atoms with Crippen molar-refractivity contribution < 1.29 is 4.74 Å². The molecule has 0 aromatic carbocycles. The third kappa shape index (κ3) is 2.82. The Morgan fingerprint density at radius 3 is 3.00 bits per heavy atom. The van der Waals surface area contributed by atoms with Crippen molar-refractivity contribution in [1.29, 1.82) is 0 Å². The largest absolute Gasteiger partial charge is 0.375 e. The lowest BCUT2D eigenvalue weighted by atomic mass is 9.82. The van der Waals surface area contributed by atoms with Crippen molar-refractivity contribution >= 4 is 0 Å². The summed E-state index contributed by atoms with van der Waals surface area (Å²) in [7, 11) is 1.92. The average molecular weight is 264 g/mol. The van der Waals surface area contributed by atoms with Crippen molar-refractivity contribution in [1.82, 2.24) is 20.3 Å². The van der Waals surface area contributed by atoms with E-state index < -0.39 is 0 Å². The zero-order chi connectivity index (χ0) is 13.2. The van der Waals surface area contributed by atoms with Gasteiger partial charge in [-0.1, -0.05) is 12.1 Å². The molecular formula is C14H24N4O. The summed E-state index contributed by atoms with van der Waals surface area (Å²) in [6.45, 7) is 3.28. The predicted octanol–water partition coefficient (Wildman–Crippen LogP) is 1.29. The van der Waals surface area contributed by atoms with Gasteiger partial charge in [-0.05, 0) is 32.2 Å². The number of nitrogens with zero attached hydrogens (tertiary/aromatic N) is 3. The lowest BCUT2D eigenvalue weighted by molar-refractivity contribution is 0.0856. The number of aryl methyl sites for hydroxylation is 1. The van der Waals surface area contributed by atoms with Crippen LogP contribution in [-0.2, 0) is 18.2 Å². The maximum Gasteiger partial charge on any atom is 0.0842 e. The average Bonchev–Trinajstić information content (AvgIpc) is 3.10. The smallest absolute Gasteiger partial charge is 0.0842 e. The molecule has 106 valence electrons. The third-order valence-corrected chi connectivity index (χ3v) is 4.41. The third-order valence-electron chi connectivity index (χ3n) is 4.41. The number of aromatic nitrogens is 3. The Balaban J connectivity index is 1.66. The highest BCUT2D eigenvalue weighted by atomic mass is 16.5. The van der Waals surface area contributed by atoms with E-state index in [2.05, 4.69) is 22.6 Å². The van der Waals surface area contributed by atoms with Gasteiger partial charge < -0.3 is 10.1 Å². The summed E-state index contributed by atoms with van der Waals surface area (Å²) in [5, 5.41) is 12.0. The van der Waals surface area contributed by atoms with Crippen LogP contribution in [0.4, 0.5) is 0 Å². The molecule has 5 heteroatoms. The molecule has 2 fully saturated rings. The molecule has 4 unspecified atom stereocenters. The Hall–Kier alpha value is -0.940. The maximum atomic E-state index is 6.01. The van der Waals surface area contributed by atoms with Gasteiger partial charge in [0.1, 0.15) is 0 Å². The van der Waals surface area contributed by atoms with Gasteiger partial charge in [-0.2, -0.15) is 0 Å². The molecule has 2 aliphatic rings. The second-order valence-corrected chi connectivity index (χ2v) is 5.92. The van der Waals surface area contributed by atoms with E-state index >= 15 is 0 Å².